The Balaban J connectivity index is 1.75. The number of hydrogen-bond donors (Lipinski definition) is 3. The zero-order chi connectivity index (χ0) is 32.5. The molecule has 1 aromatic heterocycles. The maximum Gasteiger partial charge on any atom is 0.424 e. The number of fused-ring (bicyclic) bond motifs is 1. The lowest BCUT2D eigenvalue weighted by molar-refractivity contribution is -0.265. The molecule has 2 atom stereocenters. The maximum atomic E-state index is 14.5. The van der Waals surface area contributed by atoms with Crippen LogP contribution >= 0.6 is 0 Å². The number of methoxy groups -OCH3 is 2. The second kappa shape index (κ2) is 12.1. The molecule has 2 heterocycles. The molecule has 0 fully saturated rings. The Labute approximate surface area is 245 Å². The lowest BCUT2D eigenvalue weighted by Crippen LogP contribution is -2.53. The van der Waals surface area contributed by atoms with Gasteiger partial charge in [0.05, 0.1) is 26.0 Å². The minimum absolute atomic E-state index is 0.0653. The van der Waals surface area contributed by atoms with Crippen molar-refractivity contribution in [1.29, 1.82) is 0 Å². The van der Waals surface area contributed by atoms with E-state index in [0.717, 1.165) is 24.3 Å². The molecule has 16 heteroatoms. The van der Waals surface area contributed by atoms with Gasteiger partial charge in [0, 0.05) is 23.8 Å². The number of benzene rings is 2. The van der Waals surface area contributed by atoms with Crippen LogP contribution in [0.25, 0.3) is 11.3 Å². The summed E-state index contributed by atoms with van der Waals surface area (Å²) < 4.78 is 120. The van der Waals surface area contributed by atoms with E-state index in [-0.39, 0.29) is 35.8 Å². The smallest absolute Gasteiger partial charge is 0.424 e. The minimum Gasteiger partial charge on any atom is -0.493 e. The number of carbonyl (C=O) groups excluding carboxylic acids is 1. The Bertz CT molecular complexity index is 1520. The van der Waals surface area contributed by atoms with Gasteiger partial charge in [0.25, 0.3) is 5.91 Å². The van der Waals surface area contributed by atoms with Gasteiger partial charge in [-0.25, -0.2) is 9.37 Å². The Hall–Kier alpha value is -4.15. The van der Waals surface area contributed by atoms with E-state index in [4.69, 9.17) is 24.7 Å². The minimum atomic E-state index is -5.58. The summed E-state index contributed by atoms with van der Waals surface area (Å²) in [5, 5.41) is 13.0. The number of rotatable bonds is 10. The highest BCUT2D eigenvalue weighted by atomic mass is 19.4. The van der Waals surface area contributed by atoms with Crippen LogP contribution in [0.5, 0.6) is 17.2 Å². The van der Waals surface area contributed by atoms with E-state index in [0.29, 0.717) is 6.07 Å². The zero-order valence-electron chi connectivity index (χ0n) is 23.1. The normalized spacial score (nSPS) is 17.8. The third kappa shape index (κ3) is 6.09. The zero-order valence-corrected chi connectivity index (χ0v) is 23.1. The Morgan fingerprint density at radius 1 is 1.05 bits per heavy atom. The molecule has 0 aliphatic carbocycles. The van der Waals surface area contributed by atoms with Gasteiger partial charge < -0.3 is 35.1 Å². The van der Waals surface area contributed by atoms with Crippen molar-refractivity contribution in [1.82, 2.24) is 10.3 Å². The first kappa shape index (κ1) is 32.8. The lowest BCUT2D eigenvalue weighted by Gasteiger charge is -2.32. The molecular formula is C28H26F7N3O6. The molecule has 2 aromatic carbocycles. The van der Waals surface area contributed by atoms with E-state index in [2.05, 4.69) is 4.98 Å². The van der Waals surface area contributed by atoms with Crippen LogP contribution in [0, 0.1) is 5.82 Å². The molecule has 0 unspecified atom stereocenters. The van der Waals surface area contributed by atoms with Gasteiger partial charge in [0.1, 0.15) is 24.7 Å². The Kier molecular flexibility index (Phi) is 9.00. The van der Waals surface area contributed by atoms with Crippen LogP contribution in [-0.2, 0) is 15.9 Å². The average Bonchev–Trinajstić information content (AvgIpc) is 3.33. The number of nitrogens with zero attached hydrogens (tertiary/aromatic N) is 1. The topological polar surface area (TPSA) is 125 Å². The fraction of sp³-hybridized carbons (Fsp3) is 0.357. The van der Waals surface area contributed by atoms with Crippen molar-refractivity contribution in [3.8, 4) is 28.5 Å². The van der Waals surface area contributed by atoms with Crippen LogP contribution < -0.4 is 25.3 Å². The standard InChI is InChI=1S/C28H26F7N3O6/c1-41-9-10-43-19-8-5-16(11-20(19)42-2)24(39)37-13-26(40,28(33,34)35)21-12-18-23(44-14-25(18,36)27(30,31)32)22(38-21)15-3-6-17(29)7-4-15/h3-8,11-12,40H,9-10,13-14,36H2,1-2H3,(H,37,39)/t25-,26-/m0/s1. The van der Waals surface area contributed by atoms with Crippen LogP contribution in [0.3, 0.4) is 0 Å². The maximum absolute atomic E-state index is 14.5. The monoisotopic (exact) mass is 633 g/mol. The molecule has 0 spiro atoms. The second-order valence-electron chi connectivity index (χ2n) is 9.75. The first-order valence-electron chi connectivity index (χ1n) is 12.7. The van der Waals surface area contributed by atoms with Crippen molar-refractivity contribution >= 4 is 5.91 Å². The highest BCUT2D eigenvalue weighted by molar-refractivity contribution is 5.95. The van der Waals surface area contributed by atoms with Crippen LogP contribution in [0.2, 0.25) is 0 Å². The van der Waals surface area contributed by atoms with E-state index in [1.54, 1.807) is 0 Å². The van der Waals surface area contributed by atoms with Gasteiger partial charge in [0.2, 0.25) is 5.60 Å². The molecule has 238 valence electrons. The van der Waals surface area contributed by atoms with Crippen molar-refractivity contribution in [2.24, 2.45) is 5.73 Å². The third-order valence-corrected chi connectivity index (χ3v) is 6.89. The van der Waals surface area contributed by atoms with E-state index >= 15 is 0 Å². The number of nitrogens with one attached hydrogen (secondary N) is 1. The summed E-state index contributed by atoms with van der Waals surface area (Å²) in [5.41, 5.74) is -4.79. The van der Waals surface area contributed by atoms with Crippen LogP contribution in [0.15, 0.2) is 48.5 Å². The Morgan fingerprint density at radius 3 is 2.32 bits per heavy atom. The quantitative estimate of drug-likeness (QED) is 0.224. The molecular weight excluding hydrogens is 607 g/mol. The van der Waals surface area contributed by atoms with E-state index in [1.807, 2.05) is 5.32 Å². The molecule has 0 bridgehead atoms. The number of pyridine rings is 1. The van der Waals surface area contributed by atoms with Gasteiger partial charge in [-0.05, 0) is 48.5 Å². The summed E-state index contributed by atoms with van der Waals surface area (Å²) in [5.74, 6) is -2.15. The van der Waals surface area contributed by atoms with Crippen molar-refractivity contribution < 1.29 is 59.6 Å². The van der Waals surface area contributed by atoms with Crippen LogP contribution in [0.4, 0.5) is 30.7 Å². The van der Waals surface area contributed by atoms with Gasteiger partial charge in [0.15, 0.2) is 22.8 Å². The summed E-state index contributed by atoms with van der Waals surface area (Å²) in [7, 11) is 2.72. The van der Waals surface area contributed by atoms with Crippen molar-refractivity contribution in [2.75, 3.05) is 40.6 Å². The number of alkyl halides is 6. The number of nitrogens with two attached hydrogens (primary N) is 1. The van der Waals surface area contributed by atoms with E-state index < -0.39 is 71.1 Å². The largest absolute Gasteiger partial charge is 0.493 e. The predicted octanol–water partition coefficient (Wildman–Crippen LogP) is 4.21. The van der Waals surface area contributed by atoms with E-state index in [1.165, 1.54) is 32.4 Å². The van der Waals surface area contributed by atoms with Gasteiger partial charge in [-0.3, -0.25) is 4.79 Å². The van der Waals surface area contributed by atoms with Gasteiger partial charge in [-0.2, -0.15) is 26.3 Å². The van der Waals surface area contributed by atoms with Gasteiger partial charge in [-0.1, -0.05) is 0 Å². The fourth-order valence-corrected chi connectivity index (χ4v) is 4.33. The predicted molar refractivity (Wildman–Crippen MR) is 140 cm³/mol. The SMILES string of the molecule is COCCOc1ccc(C(=O)NC[C@](O)(c2cc3c(c(-c4ccc(F)cc4)n2)OC[C@@]3(N)C(F)(F)F)C(F)(F)F)cc1OC. The number of halogens is 7. The van der Waals surface area contributed by atoms with Crippen molar-refractivity contribution in [2.45, 2.75) is 23.5 Å². The first-order valence-corrected chi connectivity index (χ1v) is 12.7. The number of amides is 1. The molecule has 1 aliphatic rings. The molecule has 1 aliphatic heterocycles. The average molecular weight is 634 g/mol. The lowest BCUT2D eigenvalue weighted by atomic mass is 9.87. The molecule has 4 N–H and O–H groups in total. The summed E-state index contributed by atoms with van der Waals surface area (Å²) >= 11 is 0. The van der Waals surface area contributed by atoms with Crippen LogP contribution in [-0.4, -0.2) is 68.9 Å². The van der Waals surface area contributed by atoms with Crippen molar-refractivity contribution in [3.63, 3.8) is 0 Å². The summed E-state index contributed by atoms with van der Waals surface area (Å²) in [6.07, 6.45) is -10.8. The van der Waals surface area contributed by atoms with Crippen LogP contribution in [0.1, 0.15) is 21.6 Å². The number of ether oxygens (including phenoxy) is 4. The second-order valence-corrected chi connectivity index (χ2v) is 9.75. The van der Waals surface area contributed by atoms with Gasteiger partial charge >= 0.3 is 12.4 Å². The molecule has 4 rings (SSSR count). The fourth-order valence-electron chi connectivity index (χ4n) is 4.33. The molecule has 0 radical (unpaired) electrons. The highest BCUT2D eigenvalue weighted by Gasteiger charge is 2.61. The molecule has 0 saturated carbocycles. The number of aromatic nitrogens is 1. The Morgan fingerprint density at radius 2 is 1.73 bits per heavy atom. The summed E-state index contributed by atoms with van der Waals surface area (Å²) in [6, 6.07) is 7.99. The number of hydrogen-bond acceptors (Lipinski definition) is 8. The first-order chi connectivity index (χ1) is 20.6. The highest BCUT2D eigenvalue weighted by Crippen LogP contribution is 2.51. The molecule has 9 nitrogen and oxygen atoms in total. The van der Waals surface area contributed by atoms with E-state index in [9.17, 15) is 40.6 Å². The molecule has 3 aromatic rings. The molecule has 1 amide bonds. The molecule has 44 heavy (non-hydrogen) atoms. The third-order valence-electron chi connectivity index (χ3n) is 6.89. The number of aliphatic hydroxyl groups is 1. The number of carbonyl (C=O) groups is 1. The molecule has 0 saturated heterocycles. The van der Waals surface area contributed by atoms with Gasteiger partial charge in [-0.15, -0.1) is 0 Å². The summed E-state index contributed by atoms with van der Waals surface area (Å²) in [4.78, 5) is 16.7. The summed E-state index contributed by atoms with van der Waals surface area (Å²) in [6.45, 7) is -2.39. The van der Waals surface area contributed by atoms with Crippen molar-refractivity contribution in [3.05, 3.63) is 71.2 Å².